The third kappa shape index (κ3) is 14.8. The van der Waals surface area contributed by atoms with Crippen molar-refractivity contribution in [3.8, 4) is 0 Å². The number of anilines is 2. The van der Waals surface area contributed by atoms with Gasteiger partial charge >= 0.3 is 11.9 Å². The highest BCUT2D eigenvalue weighted by atomic mass is 35.5. The van der Waals surface area contributed by atoms with Crippen LogP contribution in [0.3, 0.4) is 0 Å². The fourth-order valence-electron chi connectivity index (χ4n) is 4.61. The monoisotopic (exact) mass is 715 g/mol. The number of carboxylic acid groups (broad SMARTS) is 1. The van der Waals surface area contributed by atoms with Crippen LogP contribution in [0.25, 0.3) is 0 Å². The van der Waals surface area contributed by atoms with Gasteiger partial charge in [0.2, 0.25) is 11.8 Å². The zero-order valence-electron chi connectivity index (χ0n) is 27.7. The van der Waals surface area contributed by atoms with E-state index in [1.54, 1.807) is 30.3 Å². The van der Waals surface area contributed by atoms with Gasteiger partial charge in [0.15, 0.2) is 45.8 Å². The lowest BCUT2D eigenvalue weighted by Gasteiger charge is -2.21. The maximum Gasteiger partial charge on any atom is 0.306 e. The molecular formula is C32H42ClN9O8. The van der Waals surface area contributed by atoms with Crippen LogP contribution in [0.15, 0.2) is 35.3 Å². The molecule has 2 rings (SSSR count). The number of hydrogen-bond donors (Lipinski definition) is 7. The second-order valence-corrected chi connectivity index (χ2v) is 12.1. The van der Waals surface area contributed by atoms with Crippen LogP contribution >= 0.6 is 11.6 Å². The fraction of sp³-hybridized carbons (Fsp3) is 0.438. The number of carbonyl (C=O) groups excluding carboxylic acids is 6. The molecule has 0 spiro atoms. The third-order valence-electron chi connectivity index (χ3n) is 7.07. The standard InChI is InChI=1S/C32H42ClN9O8/c1-17(2)12-19(31(49)50)14-23(45)22(13-18-6-4-3-5-7-18)39-25(47)11-9-20(43)15-37-24(46)10-8-21(44)16-38-29-27(33)40-26(28(34)41-29)30(48)42-32(35)36/h3-7,17,19,22H,8-16H2,1-2H3,(H,37,46)(H,39,47)(H,49,50)(H3,34,38,41)(H4,35,36,42,48)/t19-,22+/m1/s1. The van der Waals surface area contributed by atoms with Crippen LogP contribution in [-0.4, -0.2) is 81.2 Å². The molecule has 270 valence electrons. The summed E-state index contributed by atoms with van der Waals surface area (Å²) in [6.45, 7) is 3.03. The van der Waals surface area contributed by atoms with Gasteiger partial charge in [-0.25, -0.2) is 9.97 Å². The highest BCUT2D eigenvalue weighted by Gasteiger charge is 2.28. The molecule has 0 radical (unpaired) electrons. The van der Waals surface area contributed by atoms with Gasteiger partial charge in [-0.3, -0.25) is 33.6 Å². The first kappa shape index (κ1) is 40.7. The van der Waals surface area contributed by atoms with Gasteiger partial charge in [-0.15, -0.1) is 0 Å². The molecule has 2 aromatic rings. The van der Waals surface area contributed by atoms with Gasteiger partial charge < -0.3 is 38.3 Å². The van der Waals surface area contributed by atoms with Gasteiger partial charge in [0.05, 0.1) is 25.0 Å². The molecule has 17 nitrogen and oxygen atoms in total. The van der Waals surface area contributed by atoms with Crippen molar-refractivity contribution in [3.05, 3.63) is 46.7 Å². The molecule has 0 saturated carbocycles. The second kappa shape index (κ2) is 20.2. The van der Waals surface area contributed by atoms with E-state index in [9.17, 15) is 38.7 Å². The number of nitrogen functional groups attached to an aromatic ring is 1. The summed E-state index contributed by atoms with van der Waals surface area (Å²) in [5.74, 6) is -6.28. The number of hydrogen-bond acceptors (Lipinski definition) is 11. The van der Waals surface area contributed by atoms with E-state index < -0.39 is 64.7 Å². The van der Waals surface area contributed by atoms with Crippen LogP contribution in [0.5, 0.6) is 0 Å². The van der Waals surface area contributed by atoms with Crippen molar-refractivity contribution < 1.29 is 38.7 Å². The average molecular weight is 716 g/mol. The molecule has 0 aliphatic carbocycles. The zero-order chi connectivity index (χ0) is 37.4. The topological polar surface area (TPSA) is 292 Å². The number of carboxylic acids is 1. The van der Waals surface area contributed by atoms with Gasteiger partial charge in [0, 0.05) is 32.1 Å². The molecular weight excluding hydrogens is 674 g/mol. The minimum absolute atomic E-state index is 0.0545. The van der Waals surface area contributed by atoms with Gasteiger partial charge in [-0.2, -0.15) is 4.99 Å². The smallest absolute Gasteiger partial charge is 0.306 e. The van der Waals surface area contributed by atoms with Crippen LogP contribution in [0.1, 0.15) is 68.4 Å². The van der Waals surface area contributed by atoms with Crippen molar-refractivity contribution in [1.29, 1.82) is 0 Å². The third-order valence-corrected chi connectivity index (χ3v) is 7.33. The van der Waals surface area contributed by atoms with E-state index in [2.05, 4.69) is 30.9 Å². The van der Waals surface area contributed by atoms with E-state index in [1.165, 1.54) is 0 Å². The van der Waals surface area contributed by atoms with Crippen LogP contribution < -0.4 is 33.2 Å². The minimum atomic E-state index is -1.08. The Labute approximate surface area is 293 Å². The van der Waals surface area contributed by atoms with E-state index in [-0.39, 0.29) is 74.3 Å². The highest BCUT2D eigenvalue weighted by Crippen LogP contribution is 2.21. The number of guanidine groups is 1. The van der Waals surface area contributed by atoms with Crippen LogP contribution in [-0.2, 0) is 35.2 Å². The van der Waals surface area contributed by atoms with Crippen molar-refractivity contribution in [2.45, 2.75) is 64.8 Å². The van der Waals surface area contributed by atoms with Gasteiger partial charge in [-0.1, -0.05) is 55.8 Å². The summed E-state index contributed by atoms with van der Waals surface area (Å²) in [5.41, 5.74) is 16.4. The van der Waals surface area contributed by atoms with Crippen LogP contribution in [0.2, 0.25) is 5.15 Å². The molecule has 3 amide bonds. The Bertz CT molecular complexity index is 1600. The van der Waals surface area contributed by atoms with Crippen LogP contribution in [0, 0.1) is 11.8 Å². The number of nitrogens with zero attached hydrogens (tertiary/aromatic N) is 3. The molecule has 2 atom stereocenters. The largest absolute Gasteiger partial charge is 0.481 e. The molecule has 1 aromatic carbocycles. The number of benzene rings is 1. The predicted molar refractivity (Wildman–Crippen MR) is 184 cm³/mol. The molecule has 0 unspecified atom stereocenters. The Balaban J connectivity index is 1.81. The number of carbonyl (C=O) groups is 7. The zero-order valence-corrected chi connectivity index (χ0v) is 28.5. The van der Waals surface area contributed by atoms with Crippen LogP contribution in [0.4, 0.5) is 11.6 Å². The number of Topliss-reactive ketones (excluding diaryl/α,β-unsaturated/α-hetero) is 3. The summed E-state index contributed by atoms with van der Waals surface area (Å²) >= 11 is 6.00. The predicted octanol–water partition coefficient (Wildman–Crippen LogP) is 0.786. The van der Waals surface area contributed by atoms with Crippen molar-refractivity contribution in [2.24, 2.45) is 28.3 Å². The Morgan fingerprint density at radius 3 is 2.12 bits per heavy atom. The maximum atomic E-state index is 13.2. The molecule has 0 aliphatic rings. The number of halogens is 1. The Morgan fingerprint density at radius 1 is 0.900 bits per heavy atom. The first-order chi connectivity index (χ1) is 23.5. The number of ketones is 3. The number of aliphatic carboxylic acids is 1. The lowest BCUT2D eigenvalue weighted by atomic mass is 9.89. The van der Waals surface area contributed by atoms with Crippen molar-refractivity contribution in [1.82, 2.24) is 20.6 Å². The quantitative estimate of drug-likeness (QED) is 0.0695. The molecule has 50 heavy (non-hydrogen) atoms. The molecule has 1 aromatic heterocycles. The second-order valence-electron chi connectivity index (χ2n) is 11.8. The van der Waals surface area contributed by atoms with E-state index in [1.807, 2.05) is 13.8 Å². The summed E-state index contributed by atoms with van der Waals surface area (Å²) in [4.78, 5) is 97.4. The summed E-state index contributed by atoms with van der Waals surface area (Å²) in [5, 5.41) is 17.0. The number of nitrogens with two attached hydrogens (primary N) is 3. The van der Waals surface area contributed by atoms with E-state index in [4.69, 9.17) is 28.8 Å². The summed E-state index contributed by atoms with van der Waals surface area (Å²) in [6.07, 6.45) is -0.714. The number of aromatic nitrogens is 2. The first-order valence-corrected chi connectivity index (χ1v) is 16.0. The first-order valence-electron chi connectivity index (χ1n) is 15.6. The highest BCUT2D eigenvalue weighted by molar-refractivity contribution is 6.32. The Morgan fingerprint density at radius 2 is 1.52 bits per heavy atom. The summed E-state index contributed by atoms with van der Waals surface area (Å²) in [6, 6.07) is 7.95. The SMILES string of the molecule is CC(C)C[C@H](CC(=O)[C@H](Cc1ccccc1)NC(=O)CCC(=O)CNC(=O)CCC(=O)CNc1nc(N)c(C(=O)N=C(N)N)nc1Cl)C(=O)O. The van der Waals surface area contributed by atoms with E-state index >= 15 is 0 Å². The Hall–Kier alpha value is -5.45. The number of rotatable bonds is 21. The molecule has 0 fully saturated rings. The molecule has 0 bridgehead atoms. The van der Waals surface area contributed by atoms with Gasteiger partial charge in [-0.05, 0) is 24.3 Å². The lowest BCUT2D eigenvalue weighted by molar-refractivity contribution is -0.144. The van der Waals surface area contributed by atoms with Crippen molar-refractivity contribution in [2.75, 3.05) is 24.1 Å². The number of amides is 3. The molecule has 0 aliphatic heterocycles. The summed E-state index contributed by atoms with van der Waals surface area (Å²) < 4.78 is 0. The van der Waals surface area contributed by atoms with Crippen molar-refractivity contribution >= 4 is 70.2 Å². The maximum absolute atomic E-state index is 13.2. The minimum Gasteiger partial charge on any atom is -0.481 e. The molecule has 18 heteroatoms. The molecule has 1 heterocycles. The van der Waals surface area contributed by atoms with Crippen molar-refractivity contribution in [3.63, 3.8) is 0 Å². The van der Waals surface area contributed by atoms with E-state index in [0.29, 0.717) is 6.42 Å². The normalized spacial score (nSPS) is 11.9. The number of aliphatic imine (C=N–C) groups is 1. The van der Waals surface area contributed by atoms with Gasteiger partial charge in [0.25, 0.3) is 0 Å². The summed E-state index contributed by atoms with van der Waals surface area (Å²) in [7, 11) is 0. The molecule has 0 saturated heterocycles. The number of nitrogens with one attached hydrogen (secondary N) is 3. The molecule has 10 N–H and O–H groups in total. The Kier molecular flexibility index (Phi) is 16.4. The average Bonchev–Trinajstić information content (AvgIpc) is 3.04. The van der Waals surface area contributed by atoms with E-state index in [0.717, 1.165) is 5.56 Å². The van der Waals surface area contributed by atoms with Gasteiger partial charge in [0.1, 0.15) is 0 Å². The fourth-order valence-corrected chi connectivity index (χ4v) is 4.80. The lowest BCUT2D eigenvalue weighted by Crippen LogP contribution is -2.43.